The maximum atomic E-state index is 10.7. The zero-order chi connectivity index (χ0) is 17.5. The van der Waals surface area contributed by atoms with E-state index in [-0.39, 0.29) is 22.9 Å². The summed E-state index contributed by atoms with van der Waals surface area (Å²) in [6.07, 6.45) is 1.37. The SMILES string of the molecule is CC(C)(C)n1nc(Oc2ccc([N+](=O)[O-])cc2)c2c(N)ncnc21. The fourth-order valence-electron chi connectivity index (χ4n) is 2.23. The standard InChI is InChI=1S/C15H16N6O3/c1-15(2,3)20-13-11(12(16)17-8-18-13)14(19-20)24-10-6-4-9(5-7-10)21(22)23/h4-8H,1-3H3,(H2,16,17,18). The Morgan fingerprint density at radius 2 is 1.88 bits per heavy atom. The summed E-state index contributed by atoms with van der Waals surface area (Å²) in [7, 11) is 0. The van der Waals surface area contributed by atoms with Crippen molar-refractivity contribution < 1.29 is 9.66 Å². The van der Waals surface area contributed by atoms with Gasteiger partial charge in [-0.3, -0.25) is 10.1 Å². The summed E-state index contributed by atoms with van der Waals surface area (Å²) in [5.41, 5.74) is 6.16. The molecule has 0 aliphatic heterocycles. The molecule has 2 N–H and O–H groups in total. The summed E-state index contributed by atoms with van der Waals surface area (Å²) < 4.78 is 7.48. The summed E-state index contributed by atoms with van der Waals surface area (Å²) in [5.74, 6) is 0.920. The highest BCUT2D eigenvalue weighted by Gasteiger charge is 2.24. The monoisotopic (exact) mass is 328 g/mol. The summed E-state index contributed by atoms with van der Waals surface area (Å²) in [5, 5.41) is 15.7. The molecule has 3 rings (SSSR count). The molecule has 0 aliphatic rings. The van der Waals surface area contributed by atoms with Crippen molar-refractivity contribution in [3.63, 3.8) is 0 Å². The van der Waals surface area contributed by atoms with E-state index in [1.807, 2.05) is 20.8 Å². The molecule has 3 aromatic rings. The van der Waals surface area contributed by atoms with E-state index in [1.165, 1.54) is 30.6 Å². The van der Waals surface area contributed by atoms with Crippen LogP contribution in [0.3, 0.4) is 0 Å². The Bertz CT molecular complexity index is 911. The number of benzene rings is 1. The maximum absolute atomic E-state index is 10.7. The molecule has 1 aromatic carbocycles. The fraction of sp³-hybridized carbons (Fsp3) is 0.267. The van der Waals surface area contributed by atoms with Crippen molar-refractivity contribution in [2.45, 2.75) is 26.3 Å². The van der Waals surface area contributed by atoms with Gasteiger partial charge in [-0.15, -0.1) is 5.10 Å². The molecule has 24 heavy (non-hydrogen) atoms. The number of hydrogen-bond donors (Lipinski definition) is 1. The number of nitrogen functional groups attached to an aromatic ring is 1. The zero-order valence-electron chi connectivity index (χ0n) is 13.4. The van der Waals surface area contributed by atoms with Gasteiger partial charge in [-0.1, -0.05) is 0 Å². The summed E-state index contributed by atoms with van der Waals surface area (Å²) in [4.78, 5) is 18.5. The molecule has 9 nitrogen and oxygen atoms in total. The lowest BCUT2D eigenvalue weighted by Gasteiger charge is -2.19. The second kappa shape index (κ2) is 5.44. The van der Waals surface area contributed by atoms with Gasteiger partial charge in [0.1, 0.15) is 23.3 Å². The van der Waals surface area contributed by atoms with E-state index in [2.05, 4.69) is 15.1 Å². The first kappa shape index (κ1) is 15.7. The average molecular weight is 328 g/mol. The summed E-state index contributed by atoms with van der Waals surface area (Å²) >= 11 is 0. The Labute approximate surface area is 137 Å². The third kappa shape index (κ3) is 2.71. The van der Waals surface area contributed by atoms with Crippen LogP contribution in [0, 0.1) is 10.1 Å². The largest absolute Gasteiger partial charge is 0.437 e. The highest BCUT2D eigenvalue weighted by Crippen LogP contribution is 2.34. The van der Waals surface area contributed by atoms with Crippen molar-refractivity contribution in [1.82, 2.24) is 19.7 Å². The lowest BCUT2D eigenvalue weighted by molar-refractivity contribution is -0.384. The number of nitrogens with two attached hydrogens (primary N) is 1. The highest BCUT2D eigenvalue weighted by atomic mass is 16.6. The Balaban J connectivity index is 2.08. The lowest BCUT2D eigenvalue weighted by atomic mass is 10.1. The molecule has 0 bridgehead atoms. The molecule has 0 amide bonds. The van der Waals surface area contributed by atoms with Crippen molar-refractivity contribution in [1.29, 1.82) is 0 Å². The van der Waals surface area contributed by atoms with Gasteiger partial charge in [-0.25, -0.2) is 14.6 Å². The van der Waals surface area contributed by atoms with E-state index in [1.54, 1.807) is 4.68 Å². The van der Waals surface area contributed by atoms with E-state index < -0.39 is 4.92 Å². The van der Waals surface area contributed by atoms with Crippen molar-refractivity contribution >= 4 is 22.5 Å². The van der Waals surface area contributed by atoms with E-state index in [0.29, 0.717) is 16.8 Å². The zero-order valence-corrected chi connectivity index (χ0v) is 13.4. The van der Waals surface area contributed by atoms with Crippen LogP contribution in [0.25, 0.3) is 11.0 Å². The molecule has 0 atom stereocenters. The quantitative estimate of drug-likeness (QED) is 0.579. The molecule has 0 spiro atoms. The predicted molar refractivity (Wildman–Crippen MR) is 87.9 cm³/mol. The molecule has 0 saturated carbocycles. The van der Waals surface area contributed by atoms with E-state index in [4.69, 9.17) is 10.5 Å². The minimum Gasteiger partial charge on any atom is -0.437 e. The fourth-order valence-corrected chi connectivity index (χ4v) is 2.23. The molecular formula is C15H16N6O3. The first-order valence-electron chi connectivity index (χ1n) is 7.19. The normalized spacial score (nSPS) is 11.6. The average Bonchev–Trinajstić information content (AvgIpc) is 2.88. The molecule has 0 fully saturated rings. The van der Waals surface area contributed by atoms with Crippen LogP contribution < -0.4 is 10.5 Å². The number of nitrogens with zero attached hydrogens (tertiary/aromatic N) is 5. The van der Waals surface area contributed by atoms with E-state index in [0.717, 1.165) is 0 Å². The van der Waals surface area contributed by atoms with Crippen LogP contribution in [0.1, 0.15) is 20.8 Å². The summed E-state index contributed by atoms with van der Waals surface area (Å²) in [6.45, 7) is 5.94. The van der Waals surface area contributed by atoms with Crippen LogP contribution in [0.2, 0.25) is 0 Å². The van der Waals surface area contributed by atoms with Crippen LogP contribution >= 0.6 is 0 Å². The second-order valence-electron chi connectivity index (χ2n) is 6.20. The maximum Gasteiger partial charge on any atom is 0.269 e. The van der Waals surface area contributed by atoms with Crippen LogP contribution in [0.4, 0.5) is 11.5 Å². The van der Waals surface area contributed by atoms with Crippen LogP contribution in [-0.4, -0.2) is 24.7 Å². The smallest absolute Gasteiger partial charge is 0.269 e. The number of non-ortho nitro benzene ring substituents is 1. The predicted octanol–water partition coefficient (Wildman–Crippen LogP) is 2.86. The molecule has 0 saturated heterocycles. The molecule has 2 heterocycles. The first-order valence-corrected chi connectivity index (χ1v) is 7.19. The number of ether oxygens (including phenoxy) is 1. The number of anilines is 1. The van der Waals surface area contributed by atoms with Gasteiger partial charge in [0.05, 0.1) is 10.5 Å². The van der Waals surface area contributed by atoms with Crippen molar-refractivity contribution in [2.75, 3.05) is 5.73 Å². The van der Waals surface area contributed by atoms with Crippen molar-refractivity contribution in [2.24, 2.45) is 0 Å². The van der Waals surface area contributed by atoms with Crippen molar-refractivity contribution in [3.8, 4) is 11.6 Å². The Morgan fingerprint density at radius 3 is 2.46 bits per heavy atom. The van der Waals surface area contributed by atoms with Crippen LogP contribution in [0.5, 0.6) is 11.6 Å². The summed E-state index contributed by atoms with van der Waals surface area (Å²) in [6, 6.07) is 5.72. The molecule has 0 aliphatic carbocycles. The Hall–Kier alpha value is -3.23. The Morgan fingerprint density at radius 1 is 1.21 bits per heavy atom. The number of rotatable bonds is 3. The topological polar surface area (TPSA) is 122 Å². The van der Waals surface area contributed by atoms with Crippen molar-refractivity contribution in [3.05, 3.63) is 40.7 Å². The van der Waals surface area contributed by atoms with Gasteiger partial charge in [-0.2, -0.15) is 0 Å². The van der Waals surface area contributed by atoms with Gasteiger partial charge in [0.2, 0.25) is 0 Å². The van der Waals surface area contributed by atoms with Gasteiger partial charge in [0, 0.05) is 12.1 Å². The number of hydrogen-bond acceptors (Lipinski definition) is 7. The number of fused-ring (bicyclic) bond motifs is 1. The van der Waals surface area contributed by atoms with E-state index >= 15 is 0 Å². The van der Waals surface area contributed by atoms with Crippen LogP contribution in [-0.2, 0) is 5.54 Å². The number of nitro benzene ring substituents is 1. The van der Waals surface area contributed by atoms with Crippen LogP contribution in [0.15, 0.2) is 30.6 Å². The number of aromatic nitrogens is 4. The minimum atomic E-state index is -0.473. The van der Waals surface area contributed by atoms with Gasteiger partial charge < -0.3 is 10.5 Å². The highest BCUT2D eigenvalue weighted by molar-refractivity contribution is 5.91. The number of nitro groups is 1. The second-order valence-corrected chi connectivity index (χ2v) is 6.20. The first-order chi connectivity index (χ1) is 11.3. The van der Waals surface area contributed by atoms with Gasteiger partial charge in [-0.05, 0) is 32.9 Å². The van der Waals surface area contributed by atoms with E-state index in [9.17, 15) is 10.1 Å². The third-order valence-electron chi connectivity index (χ3n) is 3.36. The third-order valence-corrected chi connectivity index (χ3v) is 3.36. The molecule has 2 aromatic heterocycles. The molecule has 124 valence electrons. The molecular weight excluding hydrogens is 312 g/mol. The minimum absolute atomic E-state index is 0.0183. The van der Waals surface area contributed by atoms with Gasteiger partial charge in [0.15, 0.2) is 5.65 Å². The lowest BCUT2D eigenvalue weighted by Crippen LogP contribution is -2.23. The van der Waals surface area contributed by atoms with Gasteiger partial charge in [0.25, 0.3) is 11.6 Å². The molecule has 0 radical (unpaired) electrons. The molecule has 9 heteroatoms. The Kier molecular flexibility index (Phi) is 3.55. The van der Waals surface area contributed by atoms with Gasteiger partial charge >= 0.3 is 0 Å². The molecule has 0 unspecified atom stereocenters.